The molecule has 27 heavy (non-hydrogen) atoms. The minimum Gasteiger partial charge on any atom is -0.484 e. The van der Waals surface area contributed by atoms with Gasteiger partial charge in [0.05, 0.1) is 21.4 Å². The summed E-state index contributed by atoms with van der Waals surface area (Å²) in [6.07, 6.45) is 0. The number of hydrogen-bond acceptors (Lipinski definition) is 3. The van der Waals surface area contributed by atoms with Crippen LogP contribution in [0.25, 0.3) is 5.69 Å². The predicted molar refractivity (Wildman–Crippen MR) is 106 cm³/mol. The highest BCUT2D eigenvalue weighted by atomic mass is 35.5. The lowest BCUT2D eigenvalue weighted by Crippen LogP contribution is -2.25. The van der Waals surface area contributed by atoms with E-state index in [-0.39, 0.29) is 17.9 Å². The van der Waals surface area contributed by atoms with E-state index in [0.29, 0.717) is 27.2 Å². The van der Waals surface area contributed by atoms with Gasteiger partial charge in [0.1, 0.15) is 11.4 Å². The number of nitrogens with one attached hydrogen (secondary N) is 1. The van der Waals surface area contributed by atoms with Gasteiger partial charge >= 0.3 is 0 Å². The van der Waals surface area contributed by atoms with E-state index in [0.717, 1.165) is 0 Å². The molecule has 0 radical (unpaired) electrons. The van der Waals surface area contributed by atoms with Gasteiger partial charge in [0.2, 0.25) is 0 Å². The third kappa shape index (κ3) is 4.02. The maximum atomic E-state index is 12.8. The molecular formula is C19H17Cl2N3O3. The first-order valence-electron chi connectivity index (χ1n) is 8.10. The minimum absolute atomic E-state index is 0.212. The zero-order valence-corrected chi connectivity index (χ0v) is 16.2. The smallest absolute Gasteiger partial charge is 0.295 e. The molecule has 140 valence electrons. The molecule has 0 aliphatic rings. The zero-order chi connectivity index (χ0) is 19.6. The number of halogens is 2. The highest BCUT2D eigenvalue weighted by molar-refractivity contribution is 6.42. The van der Waals surface area contributed by atoms with Gasteiger partial charge in [-0.05, 0) is 31.2 Å². The third-order valence-corrected chi connectivity index (χ3v) is 4.82. The fourth-order valence-electron chi connectivity index (χ4n) is 2.60. The van der Waals surface area contributed by atoms with E-state index >= 15 is 0 Å². The Labute approximate surface area is 165 Å². The molecule has 0 aliphatic heterocycles. The van der Waals surface area contributed by atoms with E-state index in [1.54, 1.807) is 30.8 Å². The number of anilines is 1. The van der Waals surface area contributed by atoms with E-state index < -0.39 is 5.91 Å². The number of para-hydroxylation sites is 1. The van der Waals surface area contributed by atoms with E-state index in [9.17, 15) is 9.59 Å². The minimum atomic E-state index is -0.452. The molecule has 0 bridgehead atoms. The molecule has 0 unspecified atom stereocenters. The van der Waals surface area contributed by atoms with Crippen molar-refractivity contribution in [2.45, 2.75) is 6.92 Å². The van der Waals surface area contributed by atoms with Crippen molar-refractivity contribution in [2.24, 2.45) is 7.05 Å². The number of ether oxygens (including phenoxy) is 1. The van der Waals surface area contributed by atoms with Gasteiger partial charge < -0.3 is 10.1 Å². The van der Waals surface area contributed by atoms with E-state index in [2.05, 4.69) is 5.32 Å². The Balaban J connectivity index is 1.76. The van der Waals surface area contributed by atoms with Crippen molar-refractivity contribution < 1.29 is 9.53 Å². The van der Waals surface area contributed by atoms with Crippen LogP contribution in [0.15, 0.2) is 53.3 Å². The quantitative estimate of drug-likeness (QED) is 0.701. The second kappa shape index (κ2) is 7.90. The number of nitrogens with zero attached hydrogens (tertiary/aromatic N) is 2. The molecule has 2 aromatic carbocycles. The van der Waals surface area contributed by atoms with Gasteiger partial charge in [-0.1, -0.05) is 41.4 Å². The van der Waals surface area contributed by atoms with Gasteiger partial charge in [-0.15, -0.1) is 0 Å². The fraction of sp³-hybridized carbons (Fsp3) is 0.158. The molecule has 0 fully saturated rings. The predicted octanol–water partition coefficient (Wildman–Crippen LogP) is 3.81. The van der Waals surface area contributed by atoms with Crippen LogP contribution in [0.2, 0.25) is 10.0 Å². The Morgan fingerprint density at radius 3 is 2.48 bits per heavy atom. The van der Waals surface area contributed by atoms with Gasteiger partial charge in [-0.2, -0.15) is 0 Å². The van der Waals surface area contributed by atoms with Gasteiger partial charge in [-0.3, -0.25) is 14.3 Å². The first-order valence-corrected chi connectivity index (χ1v) is 8.86. The van der Waals surface area contributed by atoms with Gasteiger partial charge in [-0.25, -0.2) is 4.68 Å². The molecule has 1 heterocycles. The molecule has 0 spiro atoms. The number of carbonyl (C=O) groups excluding carboxylic acids is 1. The van der Waals surface area contributed by atoms with E-state index in [1.165, 1.54) is 10.7 Å². The maximum Gasteiger partial charge on any atom is 0.295 e. The van der Waals surface area contributed by atoms with Crippen molar-refractivity contribution in [2.75, 3.05) is 11.9 Å². The van der Waals surface area contributed by atoms with E-state index in [4.69, 9.17) is 27.9 Å². The van der Waals surface area contributed by atoms with Crippen LogP contribution in [-0.2, 0) is 11.8 Å². The first kappa shape index (κ1) is 19.1. The van der Waals surface area contributed by atoms with Crippen LogP contribution in [0.4, 0.5) is 5.69 Å². The van der Waals surface area contributed by atoms with Crippen LogP contribution in [-0.4, -0.2) is 21.9 Å². The molecule has 0 saturated heterocycles. The number of rotatable bonds is 5. The van der Waals surface area contributed by atoms with Crippen molar-refractivity contribution >= 4 is 34.8 Å². The summed E-state index contributed by atoms with van der Waals surface area (Å²) in [5, 5.41) is 3.36. The lowest BCUT2D eigenvalue weighted by atomic mass is 10.3. The molecule has 6 nitrogen and oxygen atoms in total. The monoisotopic (exact) mass is 405 g/mol. The van der Waals surface area contributed by atoms with Crippen molar-refractivity contribution in [1.29, 1.82) is 0 Å². The Bertz CT molecular complexity index is 1040. The summed E-state index contributed by atoms with van der Waals surface area (Å²) in [5.41, 5.74) is 1.24. The molecule has 1 amide bonds. The largest absolute Gasteiger partial charge is 0.484 e. The Morgan fingerprint density at radius 2 is 1.81 bits per heavy atom. The van der Waals surface area contributed by atoms with Crippen molar-refractivity contribution in [3.8, 4) is 11.4 Å². The summed E-state index contributed by atoms with van der Waals surface area (Å²) in [7, 11) is 1.76. The Hall–Kier alpha value is -2.70. The molecule has 3 rings (SSSR count). The van der Waals surface area contributed by atoms with Crippen LogP contribution in [0.3, 0.4) is 0 Å². The Kier molecular flexibility index (Phi) is 5.58. The van der Waals surface area contributed by atoms with Gasteiger partial charge in [0.25, 0.3) is 11.5 Å². The number of benzene rings is 2. The molecule has 1 aromatic heterocycles. The molecule has 0 atom stereocenters. The fourth-order valence-corrected chi connectivity index (χ4v) is 2.89. The maximum absolute atomic E-state index is 12.8. The molecule has 0 aliphatic carbocycles. The summed E-state index contributed by atoms with van der Waals surface area (Å²) in [4.78, 5) is 25.0. The second-order valence-electron chi connectivity index (χ2n) is 5.85. The molecule has 3 aromatic rings. The topological polar surface area (TPSA) is 65.3 Å². The number of carbonyl (C=O) groups is 1. The lowest BCUT2D eigenvalue weighted by molar-refractivity contribution is -0.118. The average molecular weight is 406 g/mol. The lowest BCUT2D eigenvalue weighted by Gasteiger charge is -2.08. The SMILES string of the molecule is Cc1c(NC(=O)COc2ccc(Cl)c(Cl)c2)c(=O)n(-c2ccccc2)n1C. The molecule has 0 saturated carbocycles. The van der Waals surface area contributed by atoms with Crippen molar-refractivity contribution in [3.63, 3.8) is 0 Å². The summed E-state index contributed by atoms with van der Waals surface area (Å²) in [6, 6.07) is 13.9. The molecular weight excluding hydrogens is 389 g/mol. The normalized spacial score (nSPS) is 10.7. The zero-order valence-electron chi connectivity index (χ0n) is 14.7. The molecule has 1 N–H and O–H groups in total. The molecule has 8 heteroatoms. The summed E-state index contributed by atoms with van der Waals surface area (Å²) >= 11 is 11.8. The number of amides is 1. The van der Waals surface area contributed by atoms with E-state index in [1.807, 2.05) is 30.3 Å². The van der Waals surface area contributed by atoms with Crippen LogP contribution in [0.5, 0.6) is 5.75 Å². The summed E-state index contributed by atoms with van der Waals surface area (Å²) in [6.45, 7) is 1.49. The van der Waals surface area contributed by atoms with Crippen molar-refractivity contribution in [3.05, 3.63) is 74.6 Å². The standard InChI is InChI=1S/C19H17Cl2N3O3/c1-12-18(19(26)24(23(12)2)13-6-4-3-5-7-13)22-17(25)11-27-14-8-9-15(20)16(21)10-14/h3-10H,11H2,1-2H3,(H,22,25). The van der Waals surface area contributed by atoms with Crippen molar-refractivity contribution in [1.82, 2.24) is 9.36 Å². The average Bonchev–Trinajstić information content (AvgIpc) is 2.87. The highest BCUT2D eigenvalue weighted by Crippen LogP contribution is 2.26. The van der Waals surface area contributed by atoms with Gasteiger partial charge in [0.15, 0.2) is 6.61 Å². The summed E-state index contributed by atoms with van der Waals surface area (Å²) < 4.78 is 8.58. The van der Waals surface area contributed by atoms with Crippen LogP contribution in [0, 0.1) is 6.92 Å². The number of aromatic nitrogens is 2. The highest BCUT2D eigenvalue weighted by Gasteiger charge is 2.18. The number of hydrogen-bond donors (Lipinski definition) is 1. The van der Waals surface area contributed by atoms with Gasteiger partial charge in [0, 0.05) is 13.1 Å². The van der Waals surface area contributed by atoms with Crippen LogP contribution in [0.1, 0.15) is 5.69 Å². The Morgan fingerprint density at radius 1 is 1.11 bits per heavy atom. The van der Waals surface area contributed by atoms with Crippen LogP contribution < -0.4 is 15.6 Å². The second-order valence-corrected chi connectivity index (χ2v) is 6.66. The third-order valence-electron chi connectivity index (χ3n) is 4.08. The van der Waals surface area contributed by atoms with Crippen LogP contribution >= 0.6 is 23.2 Å². The summed E-state index contributed by atoms with van der Waals surface area (Å²) in [5.74, 6) is -0.0434. The first-order chi connectivity index (χ1) is 12.9.